The summed E-state index contributed by atoms with van der Waals surface area (Å²) in [4.78, 5) is 27.7. The van der Waals surface area contributed by atoms with E-state index in [4.69, 9.17) is 0 Å². The van der Waals surface area contributed by atoms with E-state index in [1.165, 1.54) is 6.07 Å². The first kappa shape index (κ1) is 17.4. The number of halogens is 2. The van der Waals surface area contributed by atoms with E-state index in [0.717, 1.165) is 31.4 Å². The maximum Gasteiger partial charge on any atom is 0.254 e. The molecule has 0 N–H and O–H groups in total. The smallest absolute Gasteiger partial charge is 0.254 e. The van der Waals surface area contributed by atoms with Gasteiger partial charge >= 0.3 is 0 Å². The molecule has 6 heteroatoms. The van der Waals surface area contributed by atoms with Crippen LogP contribution >= 0.6 is 0 Å². The van der Waals surface area contributed by atoms with Gasteiger partial charge in [0.15, 0.2) is 11.6 Å². The quantitative estimate of drug-likeness (QED) is 0.782. The predicted molar refractivity (Wildman–Crippen MR) is 83.0 cm³/mol. The van der Waals surface area contributed by atoms with Crippen LogP contribution in [0.25, 0.3) is 0 Å². The molecular formula is C17H22F2N2O2. The number of carbonyl (C=O) groups excluding carboxylic acids is 2. The molecule has 1 aromatic carbocycles. The Morgan fingerprint density at radius 3 is 2.26 bits per heavy atom. The summed E-state index contributed by atoms with van der Waals surface area (Å²) in [5.74, 6) is -2.20. The van der Waals surface area contributed by atoms with Gasteiger partial charge in [0.05, 0.1) is 0 Å². The van der Waals surface area contributed by atoms with E-state index in [0.29, 0.717) is 32.6 Å². The molecule has 2 rings (SSSR count). The molecule has 0 aromatic heterocycles. The third-order valence-corrected chi connectivity index (χ3v) is 4.08. The number of benzene rings is 1. The van der Waals surface area contributed by atoms with Gasteiger partial charge in [-0.15, -0.1) is 0 Å². The maximum atomic E-state index is 13.2. The van der Waals surface area contributed by atoms with Crippen LogP contribution in [0.5, 0.6) is 0 Å². The third kappa shape index (κ3) is 4.50. The molecule has 0 bridgehead atoms. The first-order valence-corrected chi connectivity index (χ1v) is 8.05. The van der Waals surface area contributed by atoms with Crippen LogP contribution in [0.2, 0.25) is 0 Å². The Morgan fingerprint density at radius 2 is 1.65 bits per heavy atom. The second-order valence-corrected chi connectivity index (χ2v) is 5.76. The minimum absolute atomic E-state index is 0.123. The van der Waals surface area contributed by atoms with Crippen LogP contribution in [0.3, 0.4) is 0 Å². The number of carbonyl (C=O) groups is 2. The summed E-state index contributed by atoms with van der Waals surface area (Å²) < 4.78 is 26.2. The summed E-state index contributed by atoms with van der Waals surface area (Å²) in [6.07, 6.45) is 3.55. The van der Waals surface area contributed by atoms with Crippen LogP contribution in [0, 0.1) is 11.6 Å². The van der Waals surface area contributed by atoms with Gasteiger partial charge in [-0.25, -0.2) is 8.78 Å². The van der Waals surface area contributed by atoms with Crippen LogP contribution in [0.15, 0.2) is 18.2 Å². The highest BCUT2D eigenvalue weighted by Crippen LogP contribution is 2.14. The average molecular weight is 324 g/mol. The Balaban J connectivity index is 1.87. The standard InChI is InChI=1S/C17H22F2N2O2/c1-2-3-4-5-16(22)20-8-10-21(11-9-20)17(23)13-6-7-14(18)15(19)12-13/h6-7,12H,2-5,8-11H2,1H3. The first-order valence-electron chi connectivity index (χ1n) is 8.05. The van der Waals surface area contributed by atoms with Crippen molar-refractivity contribution in [3.05, 3.63) is 35.4 Å². The fourth-order valence-corrected chi connectivity index (χ4v) is 2.66. The molecule has 1 fully saturated rings. The predicted octanol–water partition coefficient (Wildman–Crippen LogP) is 2.83. The Kier molecular flexibility index (Phi) is 6.07. The number of hydrogen-bond donors (Lipinski definition) is 0. The van der Waals surface area contributed by atoms with Crippen molar-refractivity contribution in [2.24, 2.45) is 0 Å². The van der Waals surface area contributed by atoms with Crippen molar-refractivity contribution < 1.29 is 18.4 Å². The molecule has 1 heterocycles. The van der Waals surface area contributed by atoms with Crippen molar-refractivity contribution in [1.29, 1.82) is 0 Å². The lowest BCUT2D eigenvalue weighted by molar-refractivity contribution is -0.132. The number of amides is 2. The first-order chi connectivity index (χ1) is 11.0. The van der Waals surface area contributed by atoms with E-state index in [-0.39, 0.29) is 17.4 Å². The number of hydrogen-bond acceptors (Lipinski definition) is 2. The van der Waals surface area contributed by atoms with Crippen molar-refractivity contribution in [1.82, 2.24) is 9.80 Å². The van der Waals surface area contributed by atoms with Gasteiger partial charge in [-0.1, -0.05) is 19.8 Å². The maximum absolute atomic E-state index is 13.2. The van der Waals surface area contributed by atoms with Crippen LogP contribution < -0.4 is 0 Å². The van der Waals surface area contributed by atoms with Gasteiger partial charge in [-0.2, -0.15) is 0 Å². The highest BCUT2D eigenvalue weighted by Gasteiger charge is 2.25. The zero-order valence-electron chi connectivity index (χ0n) is 13.4. The Labute approximate surface area is 135 Å². The van der Waals surface area contributed by atoms with Gasteiger partial charge in [0.25, 0.3) is 5.91 Å². The van der Waals surface area contributed by atoms with E-state index in [1.54, 1.807) is 9.80 Å². The summed E-state index contributed by atoms with van der Waals surface area (Å²) in [5, 5.41) is 0. The highest BCUT2D eigenvalue weighted by molar-refractivity contribution is 5.94. The topological polar surface area (TPSA) is 40.6 Å². The zero-order valence-corrected chi connectivity index (χ0v) is 13.4. The van der Waals surface area contributed by atoms with Gasteiger partial charge in [-0.05, 0) is 24.6 Å². The lowest BCUT2D eigenvalue weighted by Crippen LogP contribution is -2.50. The zero-order chi connectivity index (χ0) is 16.8. The van der Waals surface area contributed by atoms with Crippen molar-refractivity contribution in [3.63, 3.8) is 0 Å². The van der Waals surface area contributed by atoms with E-state index in [2.05, 4.69) is 6.92 Å². The fraction of sp³-hybridized carbons (Fsp3) is 0.529. The largest absolute Gasteiger partial charge is 0.339 e. The van der Waals surface area contributed by atoms with Crippen LogP contribution in [-0.4, -0.2) is 47.8 Å². The fourth-order valence-electron chi connectivity index (χ4n) is 2.66. The number of piperazine rings is 1. The molecular weight excluding hydrogens is 302 g/mol. The molecule has 4 nitrogen and oxygen atoms in total. The molecule has 126 valence electrons. The van der Waals surface area contributed by atoms with Gasteiger partial charge in [0.2, 0.25) is 5.91 Å². The molecule has 0 unspecified atom stereocenters. The molecule has 0 spiro atoms. The number of rotatable bonds is 5. The second kappa shape index (κ2) is 8.04. The Bertz CT molecular complexity index is 570. The third-order valence-electron chi connectivity index (χ3n) is 4.08. The van der Waals surface area contributed by atoms with Crippen LogP contribution in [0.4, 0.5) is 8.78 Å². The molecule has 0 saturated carbocycles. The molecule has 0 atom stereocenters. The lowest BCUT2D eigenvalue weighted by atomic mass is 10.1. The Hall–Kier alpha value is -1.98. The van der Waals surface area contributed by atoms with E-state index in [1.807, 2.05) is 0 Å². The van der Waals surface area contributed by atoms with Gasteiger partial charge in [0.1, 0.15) is 0 Å². The molecule has 0 aliphatic carbocycles. The van der Waals surface area contributed by atoms with E-state index < -0.39 is 11.6 Å². The minimum Gasteiger partial charge on any atom is -0.339 e. The van der Waals surface area contributed by atoms with Gasteiger partial charge in [0, 0.05) is 38.2 Å². The van der Waals surface area contributed by atoms with Crippen molar-refractivity contribution in [2.75, 3.05) is 26.2 Å². The average Bonchev–Trinajstić information content (AvgIpc) is 2.57. The monoisotopic (exact) mass is 324 g/mol. The molecule has 0 radical (unpaired) electrons. The molecule has 1 aliphatic rings. The molecule has 1 aromatic rings. The molecule has 1 aliphatic heterocycles. The molecule has 2 amide bonds. The summed E-state index contributed by atoms with van der Waals surface area (Å²) in [7, 11) is 0. The van der Waals surface area contributed by atoms with Crippen molar-refractivity contribution in [2.45, 2.75) is 32.6 Å². The van der Waals surface area contributed by atoms with Crippen LogP contribution in [0.1, 0.15) is 43.0 Å². The van der Waals surface area contributed by atoms with Gasteiger partial charge in [-0.3, -0.25) is 9.59 Å². The van der Waals surface area contributed by atoms with Crippen molar-refractivity contribution >= 4 is 11.8 Å². The van der Waals surface area contributed by atoms with E-state index in [9.17, 15) is 18.4 Å². The summed E-state index contributed by atoms with van der Waals surface area (Å²) in [6, 6.07) is 3.15. The highest BCUT2D eigenvalue weighted by atomic mass is 19.2. The van der Waals surface area contributed by atoms with Crippen molar-refractivity contribution in [3.8, 4) is 0 Å². The summed E-state index contributed by atoms with van der Waals surface area (Å²) in [6.45, 7) is 3.89. The molecule has 1 saturated heterocycles. The summed E-state index contributed by atoms with van der Waals surface area (Å²) in [5.41, 5.74) is 0.131. The van der Waals surface area contributed by atoms with E-state index >= 15 is 0 Å². The summed E-state index contributed by atoms with van der Waals surface area (Å²) >= 11 is 0. The SMILES string of the molecule is CCCCCC(=O)N1CCN(C(=O)c2ccc(F)c(F)c2)CC1. The second-order valence-electron chi connectivity index (χ2n) is 5.76. The number of nitrogens with zero attached hydrogens (tertiary/aromatic N) is 2. The van der Waals surface area contributed by atoms with Crippen LogP contribution in [-0.2, 0) is 4.79 Å². The molecule has 23 heavy (non-hydrogen) atoms. The lowest BCUT2D eigenvalue weighted by Gasteiger charge is -2.35. The minimum atomic E-state index is -1.03. The van der Waals surface area contributed by atoms with Gasteiger partial charge < -0.3 is 9.80 Å². The number of unbranched alkanes of at least 4 members (excludes halogenated alkanes) is 2. The normalized spacial score (nSPS) is 14.9. The Morgan fingerprint density at radius 1 is 1.00 bits per heavy atom.